The lowest BCUT2D eigenvalue weighted by atomic mass is 10.1. The lowest BCUT2D eigenvalue weighted by molar-refractivity contribution is -0.122. The van der Waals surface area contributed by atoms with Crippen molar-refractivity contribution in [1.82, 2.24) is 0 Å². The summed E-state index contributed by atoms with van der Waals surface area (Å²) in [6, 6.07) is 2.29. The molecule has 0 fully saturated rings. The van der Waals surface area contributed by atoms with E-state index in [0.717, 1.165) is 11.0 Å². The Balaban J connectivity index is 2.47. The average Bonchev–Trinajstić information content (AvgIpc) is 2.54. The number of anilines is 1. The molecule has 100 valence electrons. The second-order valence-corrected chi connectivity index (χ2v) is 4.96. The maximum absolute atomic E-state index is 13.3. The third-order valence-electron chi connectivity index (χ3n) is 3.18. The quantitative estimate of drug-likeness (QED) is 0.782. The van der Waals surface area contributed by atoms with E-state index in [1.165, 1.54) is 6.07 Å². The smallest absolute Gasteiger partial charge is 0.297 e. The van der Waals surface area contributed by atoms with Gasteiger partial charge in [-0.3, -0.25) is 19.3 Å². The largest absolute Gasteiger partial charge is 0.299 e. The molecule has 1 amide bonds. The second kappa shape index (κ2) is 4.57. The zero-order valence-corrected chi connectivity index (χ0v) is 11.0. The van der Waals surface area contributed by atoms with Crippen LogP contribution in [0.5, 0.6) is 0 Å². The lowest BCUT2D eigenvalue weighted by Gasteiger charge is -2.18. The molecule has 0 radical (unpaired) electrons. The van der Waals surface area contributed by atoms with Gasteiger partial charge in [0.2, 0.25) is 0 Å². The van der Waals surface area contributed by atoms with Crippen LogP contribution in [-0.4, -0.2) is 24.0 Å². The van der Waals surface area contributed by atoms with Gasteiger partial charge in [-0.1, -0.05) is 13.8 Å². The Morgan fingerprint density at radius 2 is 1.95 bits per heavy atom. The van der Waals surface area contributed by atoms with Gasteiger partial charge < -0.3 is 0 Å². The number of hydrogen-bond donors (Lipinski definition) is 0. The van der Waals surface area contributed by atoms with Gasteiger partial charge in [-0.15, -0.1) is 0 Å². The third kappa shape index (κ3) is 2.16. The molecule has 1 aromatic carbocycles. The van der Waals surface area contributed by atoms with Crippen LogP contribution in [0.25, 0.3) is 0 Å². The summed E-state index contributed by atoms with van der Waals surface area (Å²) in [4.78, 5) is 36.6. The Bertz CT molecular complexity index is 593. The molecule has 1 aliphatic heterocycles. The standard InChI is InChI=1S/C14H14FNO3/c1-7(2)11(17)6-16-12-8(3)4-9(15)5-10(12)13(18)14(16)19/h4-5,7H,6H2,1-3H3. The van der Waals surface area contributed by atoms with E-state index >= 15 is 0 Å². The van der Waals surface area contributed by atoms with Crippen molar-refractivity contribution in [2.45, 2.75) is 20.8 Å². The summed E-state index contributed by atoms with van der Waals surface area (Å²) in [5.74, 6) is -2.45. The van der Waals surface area contributed by atoms with E-state index in [0.29, 0.717) is 11.3 Å². The monoisotopic (exact) mass is 263 g/mol. The van der Waals surface area contributed by atoms with E-state index in [9.17, 15) is 18.8 Å². The highest BCUT2D eigenvalue weighted by molar-refractivity contribution is 6.52. The van der Waals surface area contributed by atoms with Crippen LogP contribution < -0.4 is 4.90 Å². The van der Waals surface area contributed by atoms with Crippen LogP contribution in [-0.2, 0) is 9.59 Å². The number of halogens is 1. The Hall–Kier alpha value is -2.04. The molecule has 2 rings (SSSR count). The van der Waals surface area contributed by atoms with Crippen molar-refractivity contribution in [3.05, 3.63) is 29.1 Å². The molecule has 0 N–H and O–H groups in total. The molecule has 0 saturated heterocycles. The Morgan fingerprint density at radius 3 is 2.53 bits per heavy atom. The maximum atomic E-state index is 13.3. The van der Waals surface area contributed by atoms with Crippen LogP contribution in [0.2, 0.25) is 0 Å². The van der Waals surface area contributed by atoms with Gasteiger partial charge in [0, 0.05) is 5.92 Å². The second-order valence-electron chi connectivity index (χ2n) is 4.96. The normalized spacial score (nSPS) is 14.3. The van der Waals surface area contributed by atoms with Crippen molar-refractivity contribution in [2.24, 2.45) is 5.92 Å². The summed E-state index contributed by atoms with van der Waals surface area (Å²) in [5.41, 5.74) is 0.871. The van der Waals surface area contributed by atoms with Crippen LogP contribution in [0.15, 0.2) is 12.1 Å². The molecule has 5 heteroatoms. The molecule has 0 aromatic heterocycles. The van der Waals surface area contributed by atoms with E-state index in [4.69, 9.17) is 0 Å². The minimum atomic E-state index is -0.766. The van der Waals surface area contributed by atoms with Gasteiger partial charge in [-0.2, -0.15) is 0 Å². The van der Waals surface area contributed by atoms with Crippen molar-refractivity contribution >= 4 is 23.2 Å². The summed E-state index contributed by atoms with van der Waals surface area (Å²) >= 11 is 0. The Kier molecular flexibility index (Phi) is 3.22. The lowest BCUT2D eigenvalue weighted by Crippen LogP contribution is -2.36. The first-order chi connectivity index (χ1) is 8.82. The minimum absolute atomic E-state index is 0.0408. The number of fused-ring (bicyclic) bond motifs is 1. The van der Waals surface area contributed by atoms with Gasteiger partial charge in [0.15, 0.2) is 5.78 Å². The number of nitrogens with zero attached hydrogens (tertiary/aromatic N) is 1. The summed E-state index contributed by atoms with van der Waals surface area (Å²) in [5, 5.41) is 0. The van der Waals surface area contributed by atoms with Gasteiger partial charge in [0.1, 0.15) is 5.82 Å². The van der Waals surface area contributed by atoms with Gasteiger partial charge in [-0.05, 0) is 24.6 Å². The fourth-order valence-electron chi connectivity index (χ4n) is 2.10. The van der Waals surface area contributed by atoms with Crippen LogP contribution in [0.1, 0.15) is 29.8 Å². The molecule has 0 spiro atoms. The third-order valence-corrected chi connectivity index (χ3v) is 3.18. The number of hydrogen-bond acceptors (Lipinski definition) is 3. The number of carbonyl (C=O) groups excluding carboxylic acids is 3. The van der Waals surface area contributed by atoms with Gasteiger partial charge in [-0.25, -0.2) is 4.39 Å². The predicted molar refractivity (Wildman–Crippen MR) is 67.7 cm³/mol. The first kappa shape index (κ1) is 13.4. The predicted octanol–water partition coefficient (Wildman–Crippen LogP) is 1.89. The molecule has 0 saturated carbocycles. The molecule has 1 aromatic rings. The number of Topliss-reactive ketones (excluding diaryl/α,β-unsaturated/α-hetero) is 2. The Labute approximate surface area is 110 Å². The van der Waals surface area contributed by atoms with Gasteiger partial charge in [0.05, 0.1) is 17.8 Å². The topological polar surface area (TPSA) is 54.5 Å². The fourth-order valence-corrected chi connectivity index (χ4v) is 2.10. The molecule has 19 heavy (non-hydrogen) atoms. The highest BCUT2D eigenvalue weighted by atomic mass is 19.1. The fraction of sp³-hybridized carbons (Fsp3) is 0.357. The van der Waals surface area contributed by atoms with E-state index in [1.54, 1.807) is 20.8 Å². The Morgan fingerprint density at radius 1 is 1.32 bits per heavy atom. The molecule has 0 atom stereocenters. The number of rotatable bonds is 3. The summed E-state index contributed by atoms with van der Waals surface area (Å²) < 4.78 is 13.3. The van der Waals surface area contributed by atoms with Crippen molar-refractivity contribution in [3.63, 3.8) is 0 Å². The summed E-state index contributed by atoms with van der Waals surface area (Å²) in [7, 11) is 0. The van der Waals surface area contributed by atoms with Crippen LogP contribution in [0.4, 0.5) is 10.1 Å². The highest BCUT2D eigenvalue weighted by Gasteiger charge is 2.38. The van der Waals surface area contributed by atoms with Crippen molar-refractivity contribution in [2.75, 3.05) is 11.4 Å². The van der Waals surface area contributed by atoms with E-state index in [1.807, 2.05) is 0 Å². The highest BCUT2D eigenvalue weighted by Crippen LogP contribution is 2.33. The molecular weight excluding hydrogens is 249 g/mol. The first-order valence-electron chi connectivity index (χ1n) is 6.02. The zero-order chi connectivity index (χ0) is 14.3. The maximum Gasteiger partial charge on any atom is 0.299 e. The zero-order valence-electron chi connectivity index (χ0n) is 11.0. The van der Waals surface area contributed by atoms with Crippen LogP contribution in [0, 0.1) is 18.7 Å². The van der Waals surface area contributed by atoms with Gasteiger partial charge in [0.25, 0.3) is 11.7 Å². The van der Waals surface area contributed by atoms with E-state index in [2.05, 4.69) is 0 Å². The van der Waals surface area contributed by atoms with E-state index < -0.39 is 17.5 Å². The molecule has 4 nitrogen and oxygen atoms in total. The first-order valence-corrected chi connectivity index (χ1v) is 6.02. The van der Waals surface area contributed by atoms with Crippen molar-refractivity contribution in [3.8, 4) is 0 Å². The molecule has 1 heterocycles. The molecular formula is C14H14FNO3. The molecule has 1 aliphatic rings. The summed E-state index contributed by atoms with van der Waals surface area (Å²) in [6.07, 6.45) is 0. The number of carbonyl (C=O) groups is 3. The molecule has 0 bridgehead atoms. The molecule has 0 aliphatic carbocycles. The van der Waals surface area contributed by atoms with Gasteiger partial charge >= 0.3 is 0 Å². The van der Waals surface area contributed by atoms with Crippen molar-refractivity contribution in [1.29, 1.82) is 0 Å². The minimum Gasteiger partial charge on any atom is -0.297 e. The van der Waals surface area contributed by atoms with E-state index in [-0.39, 0.29) is 23.8 Å². The van der Waals surface area contributed by atoms with Crippen LogP contribution >= 0.6 is 0 Å². The average molecular weight is 263 g/mol. The summed E-state index contributed by atoms with van der Waals surface area (Å²) in [6.45, 7) is 4.91. The van der Waals surface area contributed by atoms with Crippen LogP contribution in [0.3, 0.4) is 0 Å². The molecule has 0 unspecified atom stereocenters. The number of aryl methyl sites for hydroxylation is 1. The van der Waals surface area contributed by atoms with Crippen molar-refractivity contribution < 1.29 is 18.8 Å². The number of ketones is 2. The number of benzene rings is 1. The number of amides is 1. The SMILES string of the molecule is Cc1cc(F)cc2c1N(CC(=O)C(C)C)C(=O)C2=O.